The highest BCUT2D eigenvalue weighted by molar-refractivity contribution is 5.90. The van der Waals surface area contributed by atoms with Gasteiger partial charge in [0.2, 0.25) is 0 Å². The van der Waals surface area contributed by atoms with Crippen molar-refractivity contribution in [2.75, 3.05) is 7.05 Å². The molecule has 1 aromatic carbocycles. The Hall–Kier alpha value is -2.21. The van der Waals surface area contributed by atoms with E-state index in [9.17, 15) is 9.18 Å². The number of rotatable bonds is 4. The zero-order valence-corrected chi connectivity index (χ0v) is 9.85. The van der Waals surface area contributed by atoms with Gasteiger partial charge >= 0.3 is 0 Å². The predicted octanol–water partition coefficient (Wildman–Crippen LogP) is 0.830. The first kappa shape index (κ1) is 12.3. The van der Waals surface area contributed by atoms with E-state index in [4.69, 9.17) is 5.73 Å². The molecule has 94 valence electrons. The fraction of sp³-hybridized carbons (Fsp3) is 0.167. The van der Waals surface area contributed by atoms with E-state index in [1.807, 2.05) is 0 Å². The van der Waals surface area contributed by atoms with Gasteiger partial charge < -0.3 is 11.1 Å². The van der Waals surface area contributed by atoms with Gasteiger partial charge in [-0.25, -0.2) is 9.07 Å². The third kappa shape index (κ3) is 2.54. The lowest BCUT2D eigenvalue weighted by Gasteiger charge is -2.06. The highest BCUT2D eigenvalue weighted by Crippen LogP contribution is 2.13. The number of hydrogen-bond acceptors (Lipinski definition) is 3. The quantitative estimate of drug-likeness (QED) is 0.841. The molecule has 3 N–H and O–H groups in total. The van der Waals surface area contributed by atoms with Crippen LogP contribution in [-0.2, 0) is 6.54 Å². The number of nitrogens with zero attached hydrogens (tertiary/aromatic N) is 2. The van der Waals surface area contributed by atoms with Crippen molar-refractivity contribution in [3.05, 3.63) is 47.5 Å². The Labute approximate surface area is 103 Å². The molecule has 2 aromatic rings. The van der Waals surface area contributed by atoms with Crippen molar-refractivity contribution in [2.45, 2.75) is 6.54 Å². The van der Waals surface area contributed by atoms with Gasteiger partial charge in [-0.15, -0.1) is 0 Å². The summed E-state index contributed by atoms with van der Waals surface area (Å²) in [5, 5.41) is 6.92. The fourth-order valence-electron chi connectivity index (χ4n) is 1.67. The summed E-state index contributed by atoms with van der Waals surface area (Å²) in [5.41, 5.74) is 6.61. The Morgan fingerprint density at radius 3 is 2.89 bits per heavy atom. The van der Waals surface area contributed by atoms with E-state index in [-0.39, 0.29) is 11.5 Å². The van der Waals surface area contributed by atoms with Crippen LogP contribution < -0.4 is 11.1 Å². The Balaban J connectivity index is 2.39. The summed E-state index contributed by atoms with van der Waals surface area (Å²) < 4.78 is 14.9. The molecule has 0 aliphatic carbocycles. The van der Waals surface area contributed by atoms with Crippen molar-refractivity contribution in [1.29, 1.82) is 0 Å². The number of nitrogens with one attached hydrogen (secondary N) is 1. The number of carbonyl (C=O) groups is 1. The summed E-state index contributed by atoms with van der Waals surface area (Å²) in [6, 6.07) is 6.07. The molecule has 0 aliphatic heterocycles. The Morgan fingerprint density at radius 2 is 2.28 bits per heavy atom. The van der Waals surface area contributed by atoms with Gasteiger partial charge in [0.25, 0.3) is 5.91 Å². The minimum absolute atomic E-state index is 0.148. The highest BCUT2D eigenvalue weighted by Gasteiger charge is 2.07. The molecular formula is C12H13FN4O. The minimum Gasteiger partial charge on any atom is -0.364 e. The van der Waals surface area contributed by atoms with Gasteiger partial charge in [0.1, 0.15) is 11.5 Å². The zero-order valence-electron chi connectivity index (χ0n) is 9.85. The average molecular weight is 248 g/mol. The standard InChI is InChI=1S/C12H13FN4O/c1-15-7-8-4-9(13)6-10(5-8)17-3-2-11(16-17)12(14)18/h2-6,15H,7H2,1H3,(H2,14,18). The number of hydrogen-bond donors (Lipinski definition) is 2. The van der Waals surface area contributed by atoms with Gasteiger partial charge in [-0.05, 0) is 36.9 Å². The van der Waals surface area contributed by atoms with Crippen molar-refractivity contribution >= 4 is 5.91 Å². The van der Waals surface area contributed by atoms with Gasteiger partial charge in [0.15, 0.2) is 0 Å². The number of amides is 1. The summed E-state index contributed by atoms with van der Waals surface area (Å²) in [4.78, 5) is 10.9. The first-order chi connectivity index (χ1) is 8.60. The summed E-state index contributed by atoms with van der Waals surface area (Å²) in [5.74, 6) is -0.963. The van der Waals surface area contributed by atoms with Gasteiger partial charge in [0, 0.05) is 12.7 Å². The molecule has 2 rings (SSSR count). The van der Waals surface area contributed by atoms with Crippen molar-refractivity contribution < 1.29 is 9.18 Å². The molecule has 1 aromatic heterocycles. The first-order valence-corrected chi connectivity index (χ1v) is 5.40. The lowest BCUT2D eigenvalue weighted by molar-refractivity contribution is 0.0995. The number of primary amides is 1. The average Bonchev–Trinajstić information content (AvgIpc) is 2.78. The smallest absolute Gasteiger partial charge is 0.269 e. The Morgan fingerprint density at radius 1 is 1.50 bits per heavy atom. The maximum absolute atomic E-state index is 13.4. The molecule has 1 amide bonds. The van der Waals surface area contributed by atoms with Gasteiger partial charge in [-0.3, -0.25) is 4.79 Å². The number of nitrogens with two attached hydrogens (primary N) is 1. The molecule has 0 saturated carbocycles. The van der Waals surface area contributed by atoms with E-state index >= 15 is 0 Å². The van der Waals surface area contributed by atoms with Crippen molar-refractivity contribution in [1.82, 2.24) is 15.1 Å². The monoisotopic (exact) mass is 248 g/mol. The largest absolute Gasteiger partial charge is 0.364 e. The van der Waals surface area contributed by atoms with Crippen molar-refractivity contribution in [3.8, 4) is 5.69 Å². The van der Waals surface area contributed by atoms with E-state index in [1.54, 1.807) is 19.3 Å². The van der Waals surface area contributed by atoms with E-state index in [1.165, 1.54) is 22.9 Å². The summed E-state index contributed by atoms with van der Waals surface area (Å²) in [6.07, 6.45) is 1.57. The van der Waals surface area contributed by atoms with Crippen molar-refractivity contribution in [2.24, 2.45) is 5.73 Å². The Bertz CT molecular complexity index is 579. The number of carbonyl (C=O) groups excluding carboxylic acids is 1. The molecule has 6 heteroatoms. The second kappa shape index (κ2) is 4.97. The maximum atomic E-state index is 13.4. The molecule has 0 saturated heterocycles. The van der Waals surface area contributed by atoms with Crippen LogP contribution in [0.1, 0.15) is 16.1 Å². The zero-order chi connectivity index (χ0) is 13.1. The van der Waals surface area contributed by atoms with Gasteiger partial charge in [0.05, 0.1) is 5.69 Å². The van der Waals surface area contributed by atoms with E-state index < -0.39 is 5.91 Å². The van der Waals surface area contributed by atoms with Crippen LogP contribution in [0.25, 0.3) is 5.69 Å². The van der Waals surface area contributed by atoms with Crippen LogP contribution in [0.2, 0.25) is 0 Å². The number of aromatic nitrogens is 2. The van der Waals surface area contributed by atoms with E-state index in [2.05, 4.69) is 10.4 Å². The normalized spacial score (nSPS) is 10.6. The van der Waals surface area contributed by atoms with Gasteiger partial charge in [-0.1, -0.05) is 0 Å². The number of halogens is 1. The SMILES string of the molecule is CNCc1cc(F)cc(-n2ccc(C(N)=O)n2)c1. The van der Waals surface area contributed by atoms with E-state index in [0.29, 0.717) is 12.2 Å². The fourth-order valence-corrected chi connectivity index (χ4v) is 1.67. The van der Waals surface area contributed by atoms with Crippen LogP contribution in [0.15, 0.2) is 30.5 Å². The molecule has 1 heterocycles. The molecule has 0 atom stereocenters. The third-order valence-electron chi connectivity index (χ3n) is 2.43. The molecule has 0 bridgehead atoms. The second-order valence-corrected chi connectivity index (χ2v) is 3.86. The lowest BCUT2D eigenvalue weighted by atomic mass is 10.2. The molecule has 0 radical (unpaired) electrons. The summed E-state index contributed by atoms with van der Waals surface area (Å²) in [7, 11) is 1.78. The van der Waals surface area contributed by atoms with Crippen LogP contribution in [0.5, 0.6) is 0 Å². The summed E-state index contributed by atoms with van der Waals surface area (Å²) in [6.45, 7) is 0.550. The highest BCUT2D eigenvalue weighted by atomic mass is 19.1. The molecule has 0 aliphatic rings. The summed E-state index contributed by atoms with van der Waals surface area (Å²) >= 11 is 0. The van der Waals surface area contributed by atoms with Crippen LogP contribution in [0.4, 0.5) is 4.39 Å². The second-order valence-electron chi connectivity index (χ2n) is 3.86. The molecule has 0 unspecified atom stereocenters. The molecule has 18 heavy (non-hydrogen) atoms. The van der Waals surface area contributed by atoms with Gasteiger partial charge in [-0.2, -0.15) is 5.10 Å². The third-order valence-corrected chi connectivity index (χ3v) is 2.43. The van der Waals surface area contributed by atoms with Crippen molar-refractivity contribution in [3.63, 3.8) is 0 Å². The topological polar surface area (TPSA) is 72.9 Å². The Kier molecular flexibility index (Phi) is 3.38. The van der Waals surface area contributed by atoms with Crippen LogP contribution in [0.3, 0.4) is 0 Å². The predicted molar refractivity (Wildman–Crippen MR) is 64.8 cm³/mol. The molecule has 0 fully saturated rings. The minimum atomic E-state index is -0.611. The van der Waals surface area contributed by atoms with Crippen LogP contribution in [0, 0.1) is 5.82 Å². The van der Waals surface area contributed by atoms with Crippen LogP contribution >= 0.6 is 0 Å². The first-order valence-electron chi connectivity index (χ1n) is 5.40. The molecule has 0 spiro atoms. The van der Waals surface area contributed by atoms with Crippen LogP contribution in [-0.4, -0.2) is 22.7 Å². The number of benzene rings is 1. The molecule has 5 nitrogen and oxygen atoms in total. The molecular weight excluding hydrogens is 235 g/mol. The van der Waals surface area contributed by atoms with E-state index in [0.717, 1.165) is 5.56 Å². The lowest BCUT2D eigenvalue weighted by Crippen LogP contribution is -2.12. The maximum Gasteiger partial charge on any atom is 0.269 e.